The van der Waals surface area contributed by atoms with Crippen LogP contribution in [0.3, 0.4) is 0 Å². The maximum atomic E-state index is 12.7. The number of morpholine rings is 1. The van der Waals surface area contributed by atoms with Gasteiger partial charge < -0.3 is 9.84 Å². The molecule has 1 aliphatic heterocycles. The molecular formula is C19H18N2O4S2. The fourth-order valence-corrected chi connectivity index (χ4v) is 5.12. The van der Waals surface area contributed by atoms with E-state index in [1.807, 2.05) is 17.5 Å². The molecular weight excluding hydrogens is 384 g/mol. The third kappa shape index (κ3) is 3.74. The molecule has 0 saturated carbocycles. The molecule has 27 heavy (non-hydrogen) atoms. The van der Waals surface area contributed by atoms with Crippen LogP contribution in [0.15, 0.2) is 58.8 Å². The van der Waals surface area contributed by atoms with Crippen LogP contribution in [0.4, 0.5) is 0 Å². The van der Waals surface area contributed by atoms with Crippen LogP contribution in [-0.2, 0) is 14.8 Å². The smallest absolute Gasteiger partial charge is 0.243 e. The van der Waals surface area contributed by atoms with Gasteiger partial charge in [0.05, 0.1) is 23.8 Å². The molecule has 1 aromatic heterocycles. The molecule has 0 bridgehead atoms. The number of sulfonamides is 1. The monoisotopic (exact) mass is 402 g/mol. The first-order valence-electron chi connectivity index (χ1n) is 8.47. The van der Waals surface area contributed by atoms with Gasteiger partial charge >= 0.3 is 0 Å². The quantitative estimate of drug-likeness (QED) is 0.725. The van der Waals surface area contributed by atoms with Gasteiger partial charge in [-0.05, 0) is 36.4 Å². The largest absolute Gasteiger partial charge is 0.508 e. The van der Waals surface area contributed by atoms with E-state index in [4.69, 9.17) is 4.74 Å². The number of aromatic nitrogens is 1. The van der Waals surface area contributed by atoms with Crippen LogP contribution in [0.25, 0.3) is 21.8 Å². The summed E-state index contributed by atoms with van der Waals surface area (Å²) in [5, 5.41) is 12.2. The Morgan fingerprint density at radius 2 is 1.59 bits per heavy atom. The first kappa shape index (κ1) is 18.1. The average molecular weight is 402 g/mol. The second-order valence-corrected chi connectivity index (χ2v) is 8.92. The highest BCUT2D eigenvalue weighted by Gasteiger charge is 2.26. The lowest BCUT2D eigenvalue weighted by atomic mass is 10.2. The van der Waals surface area contributed by atoms with Crippen molar-refractivity contribution in [2.45, 2.75) is 4.90 Å². The summed E-state index contributed by atoms with van der Waals surface area (Å²) in [6.45, 7) is 1.62. The number of thiazole rings is 1. The van der Waals surface area contributed by atoms with Gasteiger partial charge in [-0.3, -0.25) is 0 Å². The van der Waals surface area contributed by atoms with E-state index in [9.17, 15) is 13.5 Å². The van der Waals surface area contributed by atoms with E-state index in [-0.39, 0.29) is 10.6 Å². The lowest BCUT2D eigenvalue weighted by molar-refractivity contribution is 0.0730. The summed E-state index contributed by atoms with van der Waals surface area (Å²) in [4.78, 5) is 4.90. The zero-order valence-corrected chi connectivity index (χ0v) is 16.0. The second-order valence-electron chi connectivity index (χ2n) is 6.13. The molecule has 0 spiro atoms. The highest BCUT2D eigenvalue weighted by Crippen LogP contribution is 2.30. The Hall–Kier alpha value is -2.26. The van der Waals surface area contributed by atoms with Crippen LogP contribution in [0.2, 0.25) is 0 Å². The Bertz CT molecular complexity index is 1020. The minimum absolute atomic E-state index is 0.215. The van der Waals surface area contributed by atoms with Crippen molar-refractivity contribution >= 4 is 21.4 Å². The van der Waals surface area contributed by atoms with Crippen molar-refractivity contribution in [3.05, 3.63) is 53.9 Å². The number of hydrogen-bond acceptors (Lipinski definition) is 6. The van der Waals surface area contributed by atoms with Gasteiger partial charge in [-0.1, -0.05) is 12.1 Å². The van der Waals surface area contributed by atoms with Crippen molar-refractivity contribution in [3.8, 4) is 27.6 Å². The van der Waals surface area contributed by atoms with Crippen molar-refractivity contribution in [1.29, 1.82) is 0 Å². The Morgan fingerprint density at radius 1 is 0.963 bits per heavy atom. The van der Waals surface area contributed by atoms with Crippen molar-refractivity contribution in [1.82, 2.24) is 9.29 Å². The molecule has 4 rings (SSSR count). The first-order chi connectivity index (χ1) is 13.0. The minimum Gasteiger partial charge on any atom is -0.508 e. The summed E-state index contributed by atoms with van der Waals surface area (Å²) in [5.74, 6) is 0.215. The summed E-state index contributed by atoms with van der Waals surface area (Å²) in [6, 6.07) is 13.7. The number of hydrogen-bond donors (Lipinski definition) is 1. The van der Waals surface area contributed by atoms with Gasteiger partial charge in [0.1, 0.15) is 10.8 Å². The summed E-state index contributed by atoms with van der Waals surface area (Å²) in [5.41, 5.74) is 2.58. The van der Waals surface area contributed by atoms with Gasteiger partial charge in [0.15, 0.2) is 0 Å². The molecule has 3 aromatic rings. The fraction of sp³-hybridized carbons (Fsp3) is 0.211. The number of aromatic hydroxyl groups is 1. The molecule has 1 aliphatic rings. The van der Waals surface area contributed by atoms with E-state index in [1.165, 1.54) is 15.6 Å². The normalized spacial score (nSPS) is 15.7. The van der Waals surface area contributed by atoms with Crippen LogP contribution in [0.5, 0.6) is 5.75 Å². The summed E-state index contributed by atoms with van der Waals surface area (Å²) in [7, 11) is -3.49. The molecule has 1 N–H and O–H groups in total. The topological polar surface area (TPSA) is 79.7 Å². The third-order valence-corrected chi connectivity index (χ3v) is 7.18. The molecule has 0 amide bonds. The number of rotatable bonds is 4. The number of phenolic OH excluding ortho intramolecular Hbond substituents is 1. The van der Waals surface area contributed by atoms with Crippen LogP contribution in [0, 0.1) is 0 Å². The maximum absolute atomic E-state index is 12.7. The van der Waals surface area contributed by atoms with Gasteiger partial charge in [-0.2, -0.15) is 4.31 Å². The molecule has 2 heterocycles. The van der Waals surface area contributed by atoms with E-state index in [0.717, 1.165) is 21.8 Å². The number of nitrogens with zero attached hydrogens (tertiary/aromatic N) is 2. The summed E-state index contributed by atoms with van der Waals surface area (Å²) in [6.07, 6.45) is 0. The Kier molecular flexibility index (Phi) is 4.96. The molecule has 0 aliphatic carbocycles. The molecule has 1 saturated heterocycles. The van der Waals surface area contributed by atoms with Crippen LogP contribution in [0.1, 0.15) is 0 Å². The number of benzene rings is 2. The predicted octanol–water partition coefficient (Wildman–Crippen LogP) is 3.20. The Labute approximate surface area is 161 Å². The van der Waals surface area contributed by atoms with Crippen LogP contribution in [-0.4, -0.2) is 49.1 Å². The minimum atomic E-state index is -3.49. The van der Waals surface area contributed by atoms with E-state index >= 15 is 0 Å². The van der Waals surface area contributed by atoms with E-state index in [2.05, 4.69) is 4.98 Å². The van der Waals surface area contributed by atoms with Gasteiger partial charge in [-0.25, -0.2) is 13.4 Å². The first-order valence-corrected chi connectivity index (χ1v) is 10.8. The number of phenols is 1. The third-order valence-electron chi connectivity index (χ3n) is 4.38. The molecule has 0 unspecified atom stereocenters. The van der Waals surface area contributed by atoms with Gasteiger partial charge in [0.25, 0.3) is 0 Å². The lowest BCUT2D eigenvalue weighted by Gasteiger charge is -2.26. The summed E-state index contributed by atoms with van der Waals surface area (Å²) < 4.78 is 32.1. The van der Waals surface area contributed by atoms with Gasteiger partial charge in [0.2, 0.25) is 10.0 Å². The van der Waals surface area contributed by atoms with Crippen molar-refractivity contribution < 1.29 is 18.3 Å². The van der Waals surface area contributed by atoms with E-state index in [1.54, 1.807) is 36.4 Å². The molecule has 6 nitrogen and oxygen atoms in total. The summed E-state index contributed by atoms with van der Waals surface area (Å²) >= 11 is 1.50. The highest BCUT2D eigenvalue weighted by atomic mass is 32.2. The molecule has 0 atom stereocenters. The zero-order chi connectivity index (χ0) is 18.9. The average Bonchev–Trinajstić information content (AvgIpc) is 3.19. The standard InChI is InChI=1S/C19H18N2O4S2/c22-16-5-1-15(2-6-16)19-20-18(13-26-19)14-3-7-17(8-4-14)27(23,24)21-9-11-25-12-10-21/h1-8,13,22H,9-12H2. The molecule has 0 radical (unpaired) electrons. The molecule has 2 aromatic carbocycles. The maximum Gasteiger partial charge on any atom is 0.243 e. The Morgan fingerprint density at radius 3 is 2.26 bits per heavy atom. The van der Waals surface area contributed by atoms with Crippen molar-refractivity contribution in [3.63, 3.8) is 0 Å². The molecule has 8 heteroatoms. The zero-order valence-electron chi connectivity index (χ0n) is 14.4. The van der Waals surface area contributed by atoms with Crippen LogP contribution < -0.4 is 0 Å². The predicted molar refractivity (Wildman–Crippen MR) is 104 cm³/mol. The van der Waals surface area contributed by atoms with Crippen molar-refractivity contribution in [2.75, 3.05) is 26.3 Å². The van der Waals surface area contributed by atoms with E-state index < -0.39 is 10.0 Å². The fourth-order valence-electron chi connectivity index (χ4n) is 2.88. The SMILES string of the molecule is O=S(=O)(c1ccc(-c2csc(-c3ccc(O)cc3)n2)cc1)N1CCOCC1. The lowest BCUT2D eigenvalue weighted by Crippen LogP contribution is -2.40. The second kappa shape index (κ2) is 7.40. The van der Waals surface area contributed by atoms with E-state index in [0.29, 0.717) is 26.3 Å². The molecule has 140 valence electrons. The number of ether oxygens (including phenoxy) is 1. The van der Waals surface area contributed by atoms with Crippen LogP contribution >= 0.6 is 11.3 Å². The van der Waals surface area contributed by atoms with Gasteiger partial charge in [0, 0.05) is 29.6 Å². The highest BCUT2D eigenvalue weighted by molar-refractivity contribution is 7.89. The van der Waals surface area contributed by atoms with Gasteiger partial charge in [-0.15, -0.1) is 11.3 Å². The Balaban J connectivity index is 1.57. The molecule has 1 fully saturated rings. The van der Waals surface area contributed by atoms with Crippen molar-refractivity contribution in [2.24, 2.45) is 0 Å².